The lowest BCUT2D eigenvalue weighted by molar-refractivity contribution is 0.377. The first-order chi connectivity index (χ1) is 7.29. The molecule has 0 spiro atoms. The van der Waals surface area contributed by atoms with Crippen LogP contribution in [0.4, 0.5) is 0 Å². The summed E-state index contributed by atoms with van der Waals surface area (Å²) in [7, 11) is 0. The van der Waals surface area contributed by atoms with E-state index in [1.807, 2.05) is 12.4 Å². The zero-order valence-electron chi connectivity index (χ0n) is 9.69. The first kappa shape index (κ1) is 12.1. The SMILES string of the molecule is CCCCC(CC)C(N)c1cncnc1. The first-order valence-electron chi connectivity index (χ1n) is 5.80. The van der Waals surface area contributed by atoms with E-state index in [9.17, 15) is 0 Å². The number of hydrogen-bond acceptors (Lipinski definition) is 3. The van der Waals surface area contributed by atoms with Gasteiger partial charge in [0.2, 0.25) is 0 Å². The van der Waals surface area contributed by atoms with Gasteiger partial charge in [-0.1, -0.05) is 33.1 Å². The summed E-state index contributed by atoms with van der Waals surface area (Å²) in [5.41, 5.74) is 7.27. The Morgan fingerprint density at radius 3 is 2.47 bits per heavy atom. The third kappa shape index (κ3) is 3.59. The minimum absolute atomic E-state index is 0.0859. The molecule has 84 valence electrons. The Kier molecular flexibility index (Phi) is 5.26. The predicted molar refractivity (Wildman–Crippen MR) is 62.3 cm³/mol. The Hall–Kier alpha value is -0.960. The number of rotatable bonds is 6. The van der Waals surface area contributed by atoms with Crippen molar-refractivity contribution in [2.75, 3.05) is 0 Å². The Bertz CT molecular complexity index is 261. The van der Waals surface area contributed by atoms with E-state index in [1.54, 1.807) is 6.33 Å². The maximum absolute atomic E-state index is 6.21. The van der Waals surface area contributed by atoms with Crippen molar-refractivity contribution in [3.05, 3.63) is 24.3 Å². The van der Waals surface area contributed by atoms with Crippen LogP contribution in [-0.2, 0) is 0 Å². The molecule has 0 aliphatic rings. The van der Waals surface area contributed by atoms with Gasteiger partial charge in [0.25, 0.3) is 0 Å². The van der Waals surface area contributed by atoms with Crippen LogP contribution in [0.25, 0.3) is 0 Å². The molecule has 3 nitrogen and oxygen atoms in total. The van der Waals surface area contributed by atoms with Gasteiger partial charge < -0.3 is 5.73 Å². The van der Waals surface area contributed by atoms with Crippen LogP contribution >= 0.6 is 0 Å². The molecule has 3 heteroatoms. The summed E-state index contributed by atoms with van der Waals surface area (Å²) < 4.78 is 0. The fourth-order valence-electron chi connectivity index (χ4n) is 1.86. The first-order valence-corrected chi connectivity index (χ1v) is 5.80. The molecular formula is C12H21N3. The maximum atomic E-state index is 6.21. The van der Waals surface area contributed by atoms with Crippen LogP contribution in [0.5, 0.6) is 0 Å². The molecule has 0 fully saturated rings. The van der Waals surface area contributed by atoms with Crippen molar-refractivity contribution in [2.45, 2.75) is 45.6 Å². The average molecular weight is 207 g/mol. The van der Waals surface area contributed by atoms with E-state index in [0.29, 0.717) is 5.92 Å². The van der Waals surface area contributed by atoms with Crippen molar-refractivity contribution in [3.63, 3.8) is 0 Å². The van der Waals surface area contributed by atoms with Crippen LogP contribution < -0.4 is 5.73 Å². The molecule has 1 rings (SSSR count). The molecule has 0 amide bonds. The average Bonchev–Trinajstić information content (AvgIpc) is 2.31. The summed E-state index contributed by atoms with van der Waals surface area (Å²) in [5, 5.41) is 0. The molecule has 0 aliphatic carbocycles. The lowest BCUT2D eigenvalue weighted by Crippen LogP contribution is -2.21. The molecule has 0 radical (unpaired) electrons. The van der Waals surface area contributed by atoms with Crippen molar-refractivity contribution in [2.24, 2.45) is 11.7 Å². The van der Waals surface area contributed by atoms with E-state index in [1.165, 1.54) is 19.3 Å². The highest BCUT2D eigenvalue weighted by molar-refractivity contribution is 5.09. The van der Waals surface area contributed by atoms with Gasteiger partial charge in [0.1, 0.15) is 6.33 Å². The maximum Gasteiger partial charge on any atom is 0.115 e. The van der Waals surface area contributed by atoms with Gasteiger partial charge in [0, 0.05) is 24.0 Å². The van der Waals surface area contributed by atoms with Gasteiger partial charge in [0.05, 0.1) is 0 Å². The van der Waals surface area contributed by atoms with Crippen LogP contribution in [0.1, 0.15) is 51.1 Å². The summed E-state index contributed by atoms with van der Waals surface area (Å²) in [5.74, 6) is 0.552. The number of nitrogens with two attached hydrogens (primary N) is 1. The van der Waals surface area contributed by atoms with E-state index in [-0.39, 0.29) is 6.04 Å². The fraction of sp³-hybridized carbons (Fsp3) is 0.667. The lowest BCUT2D eigenvalue weighted by Gasteiger charge is -2.22. The standard InChI is InChI=1S/C12H21N3/c1-3-5-6-10(4-2)12(13)11-7-14-9-15-8-11/h7-10,12H,3-6,13H2,1-2H3. The van der Waals surface area contributed by atoms with Gasteiger partial charge in [-0.25, -0.2) is 9.97 Å². The van der Waals surface area contributed by atoms with E-state index >= 15 is 0 Å². The van der Waals surface area contributed by atoms with E-state index in [2.05, 4.69) is 23.8 Å². The summed E-state index contributed by atoms with van der Waals surface area (Å²) in [6.45, 7) is 4.41. The smallest absolute Gasteiger partial charge is 0.115 e. The third-order valence-electron chi connectivity index (χ3n) is 2.93. The molecule has 0 bridgehead atoms. The number of nitrogens with zero attached hydrogens (tertiary/aromatic N) is 2. The van der Waals surface area contributed by atoms with Gasteiger partial charge in [0.15, 0.2) is 0 Å². The van der Waals surface area contributed by atoms with Crippen LogP contribution in [0, 0.1) is 5.92 Å². The molecule has 2 unspecified atom stereocenters. The van der Waals surface area contributed by atoms with Crippen LogP contribution in [-0.4, -0.2) is 9.97 Å². The Morgan fingerprint density at radius 2 is 1.93 bits per heavy atom. The number of hydrogen-bond donors (Lipinski definition) is 1. The number of aromatic nitrogens is 2. The highest BCUT2D eigenvalue weighted by atomic mass is 14.8. The summed E-state index contributed by atoms with van der Waals surface area (Å²) in [4.78, 5) is 8.02. The highest BCUT2D eigenvalue weighted by Crippen LogP contribution is 2.25. The second kappa shape index (κ2) is 6.51. The topological polar surface area (TPSA) is 51.8 Å². The molecule has 2 atom stereocenters. The zero-order chi connectivity index (χ0) is 11.1. The van der Waals surface area contributed by atoms with Crippen molar-refractivity contribution in [3.8, 4) is 0 Å². The Morgan fingerprint density at radius 1 is 1.27 bits per heavy atom. The van der Waals surface area contributed by atoms with Crippen molar-refractivity contribution >= 4 is 0 Å². The Labute approximate surface area is 92.1 Å². The summed E-state index contributed by atoms with van der Waals surface area (Å²) in [6.07, 6.45) is 10.00. The van der Waals surface area contributed by atoms with Crippen molar-refractivity contribution < 1.29 is 0 Å². The van der Waals surface area contributed by atoms with Crippen molar-refractivity contribution in [1.82, 2.24) is 9.97 Å². The fourth-order valence-corrected chi connectivity index (χ4v) is 1.86. The number of unbranched alkanes of at least 4 members (excludes halogenated alkanes) is 1. The molecule has 1 aromatic heterocycles. The molecule has 0 saturated heterocycles. The molecule has 15 heavy (non-hydrogen) atoms. The third-order valence-corrected chi connectivity index (χ3v) is 2.93. The van der Waals surface area contributed by atoms with Gasteiger partial charge >= 0.3 is 0 Å². The second-order valence-corrected chi connectivity index (χ2v) is 4.01. The summed E-state index contributed by atoms with van der Waals surface area (Å²) in [6, 6.07) is 0.0859. The van der Waals surface area contributed by atoms with E-state index in [4.69, 9.17) is 5.73 Å². The molecule has 0 saturated carbocycles. The predicted octanol–water partition coefficient (Wildman–Crippen LogP) is 2.69. The highest BCUT2D eigenvalue weighted by Gasteiger charge is 2.17. The van der Waals surface area contributed by atoms with Crippen molar-refractivity contribution in [1.29, 1.82) is 0 Å². The van der Waals surface area contributed by atoms with Crippen LogP contribution in [0.2, 0.25) is 0 Å². The zero-order valence-corrected chi connectivity index (χ0v) is 9.69. The van der Waals surface area contributed by atoms with Crippen LogP contribution in [0.15, 0.2) is 18.7 Å². The molecule has 0 aromatic carbocycles. The second-order valence-electron chi connectivity index (χ2n) is 4.01. The van der Waals surface area contributed by atoms with Gasteiger partial charge in [-0.3, -0.25) is 0 Å². The summed E-state index contributed by atoms with van der Waals surface area (Å²) >= 11 is 0. The van der Waals surface area contributed by atoms with E-state index < -0.39 is 0 Å². The van der Waals surface area contributed by atoms with Gasteiger partial charge in [-0.15, -0.1) is 0 Å². The quantitative estimate of drug-likeness (QED) is 0.780. The molecule has 0 aliphatic heterocycles. The van der Waals surface area contributed by atoms with Gasteiger partial charge in [-0.2, -0.15) is 0 Å². The molecule has 2 N–H and O–H groups in total. The van der Waals surface area contributed by atoms with Crippen LogP contribution in [0.3, 0.4) is 0 Å². The molecule has 1 heterocycles. The molecule has 1 aromatic rings. The normalized spacial score (nSPS) is 14.9. The van der Waals surface area contributed by atoms with Gasteiger partial charge in [-0.05, 0) is 12.3 Å². The minimum atomic E-state index is 0.0859. The lowest BCUT2D eigenvalue weighted by atomic mass is 9.89. The Balaban J connectivity index is 2.60. The largest absolute Gasteiger partial charge is 0.324 e. The minimum Gasteiger partial charge on any atom is -0.324 e. The molecular weight excluding hydrogens is 186 g/mol. The monoisotopic (exact) mass is 207 g/mol. The van der Waals surface area contributed by atoms with E-state index in [0.717, 1.165) is 12.0 Å².